The van der Waals surface area contributed by atoms with Crippen LogP contribution in [0.3, 0.4) is 0 Å². The van der Waals surface area contributed by atoms with Crippen LogP contribution in [0.4, 0.5) is 0 Å². The standard InChI is InChI=1S/C32H38N2O4/c1-21-8-13-24(14-9-21)30(37)38-25-15-10-22(11-16-25)20-33-34-28(35)17-12-23-18-26(31(2,3)4)29(36)27(19-23)32(5,6)7/h8-11,13-16,18-20,36H,12,17H2,1-7H3,(H,34,35)/b33-20-. The van der Waals surface area contributed by atoms with Crippen LogP contribution in [0, 0.1) is 6.92 Å². The van der Waals surface area contributed by atoms with Gasteiger partial charge in [-0.1, -0.05) is 71.4 Å². The predicted octanol–water partition coefficient (Wildman–Crippen LogP) is 6.60. The third kappa shape index (κ3) is 7.78. The summed E-state index contributed by atoms with van der Waals surface area (Å²) in [6.45, 7) is 14.4. The molecule has 2 N–H and O–H groups in total. The molecule has 3 rings (SSSR count). The molecule has 0 aliphatic heterocycles. The Morgan fingerprint density at radius 3 is 1.97 bits per heavy atom. The molecule has 3 aromatic carbocycles. The number of carbonyl (C=O) groups is 2. The van der Waals surface area contributed by atoms with Crippen molar-refractivity contribution >= 4 is 18.1 Å². The predicted molar refractivity (Wildman–Crippen MR) is 152 cm³/mol. The lowest BCUT2D eigenvalue weighted by atomic mass is 9.78. The van der Waals surface area contributed by atoms with E-state index in [0.29, 0.717) is 23.5 Å². The number of nitrogens with zero attached hydrogens (tertiary/aromatic N) is 1. The fraction of sp³-hybridized carbons (Fsp3) is 0.344. The molecule has 0 aromatic heterocycles. The normalized spacial score (nSPS) is 12.0. The highest BCUT2D eigenvalue weighted by Gasteiger charge is 2.26. The van der Waals surface area contributed by atoms with Gasteiger partial charge in [-0.2, -0.15) is 5.10 Å². The third-order valence-electron chi connectivity index (χ3n) is 6.21. The second-order valence-corrected chi connectivity index (χ2v) is 11.7. The topological polar surface area (TPSA) is 88.0 Å². The number of phenolic OH excluding ortho intramolecular Hbond substituents is 1. The molecule has 0 heterocycles. The number of hydrogen-bond acceptors (Lipinski definition) is 5. The molecule has 0 saturated heterocycles. The van der Waals surface area contributed by atoms with E-state index in [-0.39, 0.29) is 23.2 Å². The molecule has 0 aliphatic rings. The first-order valence-corrected chi connectivity index (χ1v) is 12.8. The van der Waals surface area contributed by atoms with E-state index in [0.717, 1.165) is 27.8 Å². The Bertz CT molecular complexity index is 1270. The van der Waals surface area contributed by atoms with Crippen molar-refractivity contribution in [2.45, 2.75) is 72.1 Å². The number of ether oxygens (including phenoxy) is 1. The van der Waals surface area contributed by atoms with Crippen LogP contribution in [0.25, 0.3) is 0 Å². The van der Waals surface area contributed by atoms with E-state index in [1.165, 1.54) is 0 Å². The Kier molecular flexibility index (Phi) is 8.77. The SMILES string of the molecule is Cc1ccc(C(=O)Oc2ccc(/C=N\NC(=O)CCc3cc(C(C)(C)C)c(O)c(C(C)(C)C)c3)cc2)cc1. The van der Waals surface area contributed by atoms with Gasteiger partial charge in [-0.05, 0) is 82.8 Å². The molecule has 0 atom stereocenters. The van der Waals surface area contributed by atoms with Crippen LogP contribution < -0.4 is 10.2 Å². The number of carbonyl (C=O) groups excluding carboxylic acids is 2. The van der Waals surface area contributed by atoms with Gasteiger partial charge in [0.2, 0.25) is 5.91 Å². The van der Waals surface area contributed by atoms with Gasteiger partial charge in [-0.3, -0.25) is 4.79 Å². The van der Waals surface area contributed by atoms with Crippen LogP contribution in [0.15, 0.2) is 65.8 Å². The summed E-state index contributed by atoms with van der Waals surface area (Å²) in [6.07, 6.45) is 2.34. The van der Waals surface area contributed by atoms with Gasteiger partial charge < -0.3 is 9.84 Å². The molecule has 38 heavy (non-hydrogen) atoms. The Balaban J connectivity index is 1.56. The number of aromatic hydroxyl groups is 1. The van der Waals surface area contributed by atoms with E-state index in [1.54, 1.807) is 42.6 Å². The van der Waals surface area contributed by atoms with Crippen molar-refractivity contribution in [3.05, 3.63) is 94.0 Å². The Morgan fingerprint density at radius 1 is 0.895 bits per heavy atom. The molecule has 0 aliphatic carbocycles. The van der Waals surface area contributed by atoms with E-state index < -0.39 is 5.97 Å². The number of phenols is 1. The third-order valence-corrected chi connectivity index (χ3v) is 6.21. The lowest BCUT2D eigenvalue weighted by Crippen LogP contribution is -2.20. The van der Waals surface area contributed by atoms with Crippen LogP contribution in [0.5, 0.6) is 11.5 Å². The van der Waals surface area contributed by atoms with Crippen LogP contribution in [0.1, 0.15) is 86.1 Å². The van der Waals surface area contributed by atoms with Gasteiger partial charge in [0.15, 0.2) is 0 Å². The van der Waals surface area contributed by atoms with E-state index in [9.17, 15) is 14.7 Å². The summed E-state index contributed by atoms with van der Waals surface area (Å²) in [5.74, 6) is 0.137. The van der Waals surface area contributed by atoms with Gasteiger partial charge in [-0.15, -0.1) is 0 Å². The van der Waals surface area contributed by atoms with Crippen molar-refractivity contribution in [3.8, 4) is 11.5 Å². The highest BCUT2D eigenvalue weighted by molar-refractivity contribution is 5.91. The maximum absolute atomic E-state index is 12.4. The molecular weight excluding hydrogens is 476 g/mol. The number of benzene rings is 3. The monoisotopic (exact) mass is 514 g/mol. The zero-order valence-electron chi connectivity index (χ0n) is 23.4. The first-order valence-electron chi connectivity index (χ1n) is 12.8. The van der Waals surface area contributed by atoms with Gasteiger partial charge in [0.25, 0.3) is 0 Å². The van der Waals surface area contributed by atoms with Crippen molar-refractivity contribution in [2.75, 3.05) is 0 Å². The summed E-state index contributed by atoms with van der Waals surface area (Å²) in [5, 5.41) is 14.9. The summed E-state index contributed by atoms with van der Waals surface area (Å²) in [6, 6.07) is 18.1. The first-order chi connectivity index (χ1) is 17.7. The molecule has 3 aromatic rings. The average molecular weight is 515 g/mol. The number of hydrazone groups is 1. The minimum Gasteiger partial charge on any atom is -0.507 e. The second-order valence-electron chi connectivity index (χ2n) is 11.7. The molecule has 0 spiro atoms. The Morgan fingerprint density at radius 2 is 1.45 bits per heavy atom. The number of rotatable bonds is 7. The zero-order valence-corrected chi connectivity index (χ0v) is 23.4. The molecule has 0 fully saturated rings. The second kappa shape index (κ2) is 11.6. The molecular formula is C32H38N2O4. The van der Waals surface area contributed by atoms with Crippen LogP contribution >= 0.6 is 0 Å². The fourth-order valence-electron chi connectivity index (χ4n) is 3.95. The van der Waals surface area contributed by atoms with Gasteiger partial charge in [-0.25, -0.2) is 10.2 Å². The zero-order chi connectivity index (χ0) is 28.1. The van der Waals surface area contributed by atoms with Crippen molar-refractivity contribution in [1.29, 1.82) is 0 Å². The maximum Gasteiger partial charge on any atom is 0.343 e. The molecule has 200 valence electrons. The van der Waals surface area contributed by atoms with Gasteiger partial charge in [0.05, 0.1) is 11.8 Å². The molecule has 0 saturated carbocycles. The first kappa shape index (κ1) is 28.6. The highest BCUT2D eigenvalue weighted by atomic mass is 16.5. The Hall–Kier alpha value is -3.93. The Labute approximate surface area is 225 Å². The molecule has 1 amide bonds. The number of esters is 1. The minimum atomic E-state index is -0.420. The molecule has 6 nitrogen and oxygen atoms in total. The van der Waals surface area contributed by atoms with Crippen molar-refractivity contribution < 1.29 is 19.4 Å². The van der Waals surface area contributed by atoms with E-state index in [2.05, 4.69) is 52.1 Å². The van der Waals surface area contributed by atoms with Crippen molar-refractivity contribution in [1.82, 2.24) is 5.43 Å². The van der Waals surface area contributed by atoms with Crippen LogP contribution in [-0.2, 0) is 22.0 Å². The van der Waals surface area contributed by atoms with Crippen LogP contribution in [-0.4, -0.2) is 23.2 Å². The quantitative estimate of drug-likeness (QED) is 0.161. The average Bonchev–Trinajstić information content (AvgIpc) is 2.83. The van der Waals surface area contributed by atoms with E-state index in [4.69, 9.17) is 4.74 Å². The number of hydrogen-bond donors (Lipinski definition) is 2. The van der Waals surface area contributed by atoms with Crippen LogP contribution in [0.2, 0.25) is 0 Å². The van der Waals surface area contributed by atoms with Gasteiger partial charge >= 0.3 is 5.97 Å². The van der Waals surface area contributed by atoms with Gasteiger partial charge in [0.1, 0.15) is 11.5 Å². The summed E-state index contributed by atoms with van der Waals surface area (Å²) in [4.78, 5) is 24.7. The number of aryl methyl sites for hydroxylation is 2. The summed E-state index contributed by atoms with van der Waals surface area (Å²) < 4.78 is 5.41. The summed E-state index contributed by atoms with van der Waals surface area (Å²) >= 11 is 0. The maximum atomic E-state index is 12.4. The molecule has 0 unspecified atom stereocenters. The largest absolute Gasteiger partial charge is 0.507 e. The lowest BCUT2D eigenvalue weighted by molar-refractivity contribution is -0.121. The van der Waals surface area contributed by atoms with Crippen molar-refractivity contribution in [3.63, 3.8) is 0 Å². The smallest absolute Gasteiger partial charge is 0.343 e. The van der Waals surface area contributed by atoms with E-state index >= 15 is 0 Å². The van der Waals surface area contributed by atoms with E-state index in [1.807, 2.05) is 31.2 Å². The molecule has 0 bridgehead atoms. The lowest BCUT2D eigenvalue weighted by Gasteiger charge is -2.28. The van der Waals surface area contributed by atoms with Crippen molar-refractivity contribution in [2.24, 2.45) is 5.10 Å². The number of nitrogens with one attached hydrogen (secondary N) is 1. The number of amides is 1. The fourth-order valence-corrected chi connectivity index (χ4v) is 3.95. The molecule has 6 heteroatoms. The molecule has 0 radical (unpaired) electrons. The summed E-state index contributed by atoms with van der Waals surface area (Å²) in [7, 11) is 0. The van der Waals surface area contributed by atoms with Gasteiger partial charge in [0, 0.05) is 6.42 Å². The summed E-state index contributed by atoms with van der Waals surface area (Å²) in [5.41, 5.74) is 7.21. The highest BCUT2D eigenvalue weighted by Crippen LogP contribution is 2.40. The minimum absolute atomic E-state index is 0.201.